The van der Waals surface area contributed by atoms with E-state index in [1.165, 1.54) is 23.1 Å². The van der Waals surface area contributed by atoms with Crippen molar-refractivity contribution in [3.05, 3.63) is 82.3 Å². The third-order valence-electron chi connectivity index (χ3n) is 4.91. The highest BCUT2D eigenvalue weighted by molar-refractivity contribution is 5.95. The van der Waals surface area contributed by atoms with Gasteiger partial charge in [-0.3, -0.25) is 4.79 Å². The van der Waals surface area contributed by atoms with Gasteiger partial charge in [0.25, 0.3) is 0 Å². The normalized spacial score (nSPS) is 16.9. The van der Waals surface area contributed by atoms with Gasteiger partial charge in [0.1, 0.15) is 17.5 Å². The molecular formula is C22H20F3NO3. The molecule has 1 aliphatic heterocycles. The number of carbonyl (C=O) groups is 2. The molecule has 7 heteroatoms. The monoisotopic (exact) mass is 403 g/mol. The van der Waals surface area contributed by atoms with Crippen LogP contribution in [0.1, 0.15) is 37.3 Å². The number of carbonyl (C=O) groups excluding carboxylic acids is 2. The van der Waals surface area contributed by atoms with Crippen LogP contribution in [0.25, 0.3) is 0 Å². The van der Waals surface area contributed by atoms with Gasteiger partial charge in [-0.2, -0.15) is 0 Å². The molecule has 0 saturated heterocycles. The van der Waals surface area contributed by atoms with Gasteiger partial charge >= 0.3 is 5.97 Å². The third kappa shape index (κ3) is 4.34. The van der Waals surface area contributed by atoms with Crippen LogP contribution in [0, 0.1) is 17.5 Å². The summed E-state index contributed by atoms with van der Waals surface area (Å²) in [5.74, 6) is -3.84. The Kier molecular flexibility index (Phi) is 6.06. The van der Waals surface area contributed by atoms with E-state index in [-0.39, 0.29) is 36.6 Å². The summed E-state index contributed by atoms with van der Waals surface area (Å²) in [6, 6.07) is 8.72. The predicted octanol–water partition coefficient (Wildman–Crippen LogP) is 4.46. The number of hydrogen-bond donors (Lipinski definition) is 0. The minimum absolute atomic E-state index is 0.0589. The van der Waals surface area contributed by atoms with Gasteiger partial charge in [0, 0.05) is 24.1 Å². The lowest BCUT2D eigenvalue weighted by Crippen LogP contribution is -2.38. The van der Waals surface area contributed by atoms with Crippen LogP contribution in [-0.4, -0.2) is 23.4 Å². The van der Waals surface area contributed by atoms with Crippen molar-refractivity contribution in [3.63, 3.8) is 0 Å². The molecule has 0 radical (unpaired) electrons. The van der Waals surface area contributed by atoms with Crippen molar-refractivity contribution < 1.29 is 27.5 Å². The summed E-state index contributed by atoms with van der Waals surface area (Å²) in [6.45, 7) is 3.47. The van der Waals surface area contributed by atoms with Gasteiger partial charge < -0.3 is 9.64 Å². The molecule has 0 N–H and O–H groups in total. The Hall–Kier alpha value is -3.09. The highest BCUT2D eigenvalue weighted by atomic mass is 19.1. The smallest absolute Gasteiger partial charge is 0.336 e. The van der Waals surface area contributed by atoms with Crippen LogP contribution in [0.5, 0.6) is 0 Å². The summed E-state index contributed by atoms with van der Waals surface area (Å²) in [5, 5.41) is 0. The molecule has 4 nitrogen and oxygen atoms in total. The van der Waals surface area contributed by atoms with Crippen LogP contribution in [0.3, 0.4) is 0 Å². The van der Waals surface area contributed by atoms with E-state index in [0.717, 1.165) is 12.1 Å². The number of halogens is 3. The average molecular weight is 403 g/mol. The van der Waals surface area contributed by atoms with E-state index >= 15 is 0 Å². The average Bonchev–Trinajstić information content (AvgIpc) is 2.66. The molecule has 152 valence electrons. The number of esters is 1. The van der Waals surface area contributed by atoms with Crippen molar-refractivity contribution in [1.29, 1.82) is 0 Å². The second kappa shape index (κ2) is 8.51. The number of benzene rings is 2. The predicted molar refractivity (Wildman–Crippen MR) is 100.0 cm³/mol. The third-order valence-corrected chi connectivity index (χ3v) is 4.91. The first kappa shape index (κ1) is 20.6. The Balaban J connectivity index is 2.05. The Morgan fingerprint density at radius 3 is 2.38 bits per heavy atom. The van der Waals surface area contributed by atoms with Crippen molar-refractivity contribution >= 4 is 11.9 Å². The SMILES string of the molecule is CCOC(=O)C1=C(C)N(Cc2ccc(F)cc2)C(=O)CC1c1ccc(F)cc1F. The van der Waals surface area contributed by atoms with Gasteiger partial charge in [-0.25, -0.2) is 18.0 Å². The van der Waals surface area contributed by atoms with Gasteiger partial charge in [-0.15, -0.1) is 0 Å². The van der Waals surface area contributed by atoms with Gasteiger partial charge in [-0.1, -0.05) is 18.2 Å². The maximum atomic E-state index is 14.4. The van der Waals surface area contributed by atoms with Crippen molar-refractivity contribution in [1.82, 2.24) is 4.90 Å². The maximum absolute atomic E-state index is 14.4. The molecule has 1 atom stereocenters. The number of nitrogens with zero attached hydrogens (tertiary/aromatic N) is 1. The van der Waals surface area contributed by atoms with Crippen LogP contribution in [0.4, 0.5) is 13.2 Å². The van der Waals surface area contributed by atoms with Gasteiger partial charge in [0.05, 0.1) is 18.7 Å². The zero-order valence-electron chi connectivity index (χ0n) is 16.0. The van der Waals surface area contributed by atoms with Gasteiger partial charge in [-0.05, 0) is 43.2 Å². The van der Waals surface area contributed by atoms with Crippen LogP contribution in [-0.2, 0) is 20.9 Å². The first-order valence-electron chi connectivity index (χ1n) is 9.19. The van der Waals surface area contributed by atoms with E-state index in [2.05, 4.69) is 0 Å². The fourth-order valence-corrected chi connectivity index (χ4v) is 3.50. The first-order valence-corrected chi connectivity index (χ1v) is 9.19. The molecule has 0 bridgehead atoms. The second-order valence-electron chi connectivity index (χ2n) is 6.75. The van der Waals surface area contributed by atoms with E-state index in [4.69, 9.17) is 4.74 Å². The second-order valence-corrected chi connectivity index (χ2v) is 6.75. The lowest BCUT2D eigenvalue weighted by atomic mass is 9.83. The molecule has 3 rings (SSSR count). The first-order chi connectivity index (χ1) is 13.8. The highest BCUT2D eigenvalue weighted by Gasteiger charge is 2.38. The van der Waals surface area contributed by atoms with Crippen LogP contribution in [0.15, 0.2) is 53.7 Å². The molecule has 0 fully saturated rings. The molecule has 1 amide bonds. The molecule has 1 aliphatic rings. The molecule has 0 spiro atoms. The number of rotatable bonds is 5. The molecule has 1 unspecified atom stereocenters. The molecule has 0 aliphatic carbocycles. The number of ether oxygens (including phenoxy) is 1. The summed E-state index contributed by atoms with van der Waals surface area (Å²) < 4.78 is 46.0. The van der Waals surface area contributed by atoms with E-state index in [1.807, 2.05) is 0 Å². The topological polar surface area (TPSA) is 46.6 Å². The number of allylic oxidation sites excluding steroid dienone is 1. The summed E-state index contributed by atoms with van der Waals surface area (Å²) in [7, 11) is 0. The minimum atomic E-state index is -0.883. The Bertz CT molecular complexity index is 970. The van der Waals surface area contributed by atoms with E-state index in [0.29, 0.717) is 11.3 Å². The van der Waals surface area contributed by atoms with Crippen molar-refractivity contribution in [2.45, 2.75) is 32.7 Å². The molecule has 29 heavy (non-hydrogen) atoms. The van der Waals surface area contributed by atoms with E-state index in [9.17, 15) is 22.8 Å². The van der Waals surface area contributed by atoms with Crippen LogP contribution in [0.2, 0.25) is 0 Å². The summed E-state index contributed by atoms with van der Waals surface area (Å²) >= 11 is 0. The minimum Gasteiger partial charge on any atom is -0.463 e. The van der Waals surface area contributed by atoms with Crippen LogP contribution < -0.4 is 0 Å². The molecule has 1 heterocycles. The molecule has 2 aromatic carbocycles. The molecule has 0 aromatic heterocycles. The summed E-state index contributed by atoms with van der Waals surface area (Å²) in [4.78, 5) is 26.9. The maximum Gasteiger partial charge on any atom is 0.336 e. The Morgan fingerprint density at radius 1 is 1.10 bits per heavy atom. The number of hydrogen-bond acceptors (Lipinski definition) is 3. The van der Waals surface area contributed by atoms with Crippen molar-refractivity contribution in [2.75, 3.05) is 6.61 Å². The molecular weight excluding hydrogens is 383 g/mol. The largest absolute Gasteiger partial charge is 0.463 e. The van der Waals surface area contributed by atoms with E-state index in [1.54, 1.807) is 26.0 Å². The van der Waals surface area contributed by atoms with Crippen molar-refractivity contribution in [2.24, 2.45) is 0 Å². The summed E-state index contributed by atoms with van der Waals surface area (Å²) in [5.41, 5.74) is 1.22. The van der Waals surface area contributed by atoms with Gasteiger partial charge in [0.15, 0.2) is 0 Å². The highest BCUT2D eigenvalue weighted by Crippen LogP contribution is 2.38. The Morgan fingerprint density at radius 2 is 1.76 bits per heavy atom. The Labute approximate surface area is 166 Å². The standard InChI is InChI=1S/C22H20F3NO3/c1-3-29-22(28)21-13(2)26(12-14-4-6-15(23)7-5-14)20(27)11-18(21)17-9-8-16(24)10-19(17)25/h4-10,18H,3,11-12H2,1-2H3. The number of amides is 1. The fraction of sp³-hybridized carbons (Fsp3) is 0.273. The zero-order chi connectivity index (χ0) is 21.1. The molecule has 2 aromatic rings. The fourth-order valence-electron chi connectivity index (χ4n) is 3.50. The van der Waals surface area contributed by atoms with Gasteiger partial charge in [0.2, 0.25) is 5.91 Å². The molecule has 0 saturated carbocycles. The summed E-state index contributed by atoms with van der Waals surface area (Å²) in [6.07, 6.45) is -0.171. The van der Waals surface area contributed by atoms with E-state index < -0.39 is 29.3 Å². The van der Waals surface area contributed by atoms with Crippen LogP contribution >= 0.6 is 0 Å². The lowest BCUT2D eigenvalue weighted by molar-refractivity contribution is -0.140. The quantitative estimate of drug-likeness (QED) is 0.693. The van der Waals surface area contributed by atoms with Crippen molar-refractivity contribution in [3.8, 4) is 0 Å². The lowest BCUT2D eigenvalue weighted by Gasteiger charge is -2.34. The zero-order valence-corrected chi connectivity index (χ0v) is 16.0.